The van der Waals surface area contributed by atoms with E-state index >= 15 is 0 Å². The van der Waals surface area contributed by atoms with Crippen molar-refractivity contribution < 1.29 is 13.2 Å². The van der Waals surface area contributed by atoms with Gasteiger partial charge in [0.15, 0.2) is 0 Å². The Morgan fingerprint density at radius 3 is 2.48 bits per heavy atom. The van der Waals surface area contributed by atoms with Crippen LogP contribution in [0, 0.1) is 0 Å². The van der Waals surface area contributed by atoms with E-state index in [2.05, 4.69) is 14.9 Å². The largest absolute Gasteiger partial charge is 0.378 e. The second kappa shape index (κ2) is 7.63. The molecular formula is C14H23N3O3S. The second-order valence-electron chi connectivity index (χ2n) is 5.02. The number of ether oxygens (including phenoxy) is 1. The Kier molecular flexibility index (Phi) is 5.84. The lowest BCUT2D eigenvalue weighted by molar-refractivity contribution is 0.122. The SMILES string of the molecule is CNCCCS(=O)(=O)Nc1ccc(N2CCOCC2)cc1. The number of benzene rings is 1. The zero-order valence-corrected chi connectivity index (χ0v) is 13.2. The first-order chi connectivity index (χ1) is 10.1. The maximum Gasteiger partial charge on any atom is 0.232 e. The molecule has 118 valence electrons. The summed E-state index contributed by atoms with van der Waals surface area (Å²) in [5.74, 6) is 0.124. The van der Waals surface area contributed by atoms with Crippen LogP contribution in [0.2, 0.25) is 0 Å². The topological polar surface area (TPSA) is 70.7 Å². The molecule has 0 aliphatic carbocycles. The summed E-state index contributed by atoms with van der Waals surface area (Å²) in [4.78, 5) is 2.23. The standard InChI is InChI=1S/C14H23N3O3S/c1-15-7-2-12-21(18,19)16-13-3-5-14(6-4-13)17-8-10-20-11-9-17/h3-6,15-16H,2,7-12H2,1H3. The predicted molar refractivity (Wildman–Crippen MR) is 85.4 cm³/mol. The van der Waals surface area contributed by atoms with E-state index in [0.717, 1.165) is 32.0 Å². The molecule has 1 saturated heterocycles. The lowest BCUT2D eigenvalue weighted by Crippen LogP contribution is -2.36. The molecule has 2 N–H and O–H groups in total. The van der Waals surface area contributed by atoms with Crippen LogP contribution in [-0.4, -0.2) is 54.1 Å². The maximum absolute atomic E-state index is 11.9. The van der Waals surface area contributed by atoms with Gasteiger partial charge in [0.1, 0.15) is 0 Å². The molecule has 6 nitrogen and oxygen atoms in total. The number of morpholine rings is 1. The number of nitrogens with zero attached hydrogens (tertiary/aromatic N) is 1. The predicted octanol–water partition coefficient (Wildman–Crippen LogP) is 0.874. The highest BCUT2D eigenvalue weighted by molar-refractivity contribution is 7.92. The fourth-order valence-corrected chi connectivity index (χ4v) is 3.35. The van der Waals surface area contributed by atoms with E-state index in [-0.39, 0.29) is 5.75 Å². The normalized spacial score (nSPS) is 16.0. The molecule has 1 fully saturated rings. The summed E-state index contributed by atoms with van der Waals surface area (Å²) in [7, 11) is -1.46. The quantitative estimate of drug-likeness (QED) is 0.731. The molecule has 21 heavy (non-hydrogen) atoms. The molecule has 0 spiro atoms. The summed E-state index contributed by atoms with van der Waals surface area (Å²) in [6, 6.07) is 7.49. The number of nitrogens with one attached hydrogen (secondary N) is 2. The van der Waals surface area contributed by atoms with Gasteiger partial charge in [-0.1, -0.05) is 0 Å². The molecule has 1 aromatic rings. The average molecular weight is 313 g/mol. The lowest BCUT2D eigenvalue weighted by Gasteiger charge is -2.28. The summed E-state index contributed by atoms with van der Waals surface area (Å²) in [5, 5.41) is 2.94. The molecule has 1 aliphatic heterocycles. The minimum atomic E-state index is -3.27. The van der Waals surface area contributed by atoms with Crippen molar-refractivity contribution >= 4 is 21.4 Å². The first-order valence-electron chi connectivity index (χ1n) is 7.18. The summed E-state index contributed by atoms with van der Waals surface area (Å²) < 4.78 is 31.7. The third-order valence-corrected chi connectivity index (χ3v) is 4.73. The molecule has 0 unspecified atom stereocenters. The van der Waals surface area contributed by atoms with Crippen molar-refractivity contribution in [3.63, 3.8) is 0 Å². The van der Waals surface area contributed by atoms with Crippen LogP contribution in [0.3, 0.4) is 0 Å². The minimum Gasteiger partial charge on any atom is -0.378 e. The molecule has 0 bridgehead atoms. The fraction of sp³-hybridized carbons (Fsp3) is 0.571. The molecule has 1 aliphatic rings. The van der Waals surface area contributed by atoms with Crippen LogP contribution in [0.5, 0.6) is 0 Å². The van der Waals surface area contributed by atoms with Gasteiger partial charge < -0.3 is 15.0 Å². The molecule has 1 heterocycles. The number of anilines is 2. The second-order valence-corrected chi connectivity index (χ2v) is 6.87. The monoisotopic (exact) mass is 313 g/mol. The molecule has 1 aromatic carbocycles. The molecule has 7 heteroatoms. The number of sulfonamides is 1. The Bertz CT molecular complexity index is 525. The molecular weight excluding hydrogens is 290 g/mol. The zero-order valence-electron chi connectivity index (χ0n) is 12.3. The first-order valence-corrected chi connectivity index (χ1v) is 8.84. The number of hydrogen-bond acceptors (Lipinski definition) is 5. The number of hydrogen-bond donors (Lipinski definition) is 2. The smallest absolute Gasteiger partial charge is 0.232 e. The van der Waals surface area contributed by atoms with Crippen molar-refractivity contribution in [1.29, 1.82) is 0 Å². The van der Waals surface area contributed by atoms with Gasteiger partial charge in [0.2, 0.25) is 10.0 Å². The Labute approximate surface area is 126 Å². The van der Waals surface area contributed by atoms with Crippen molar-refractivity contribution in [2.75, 3.05) is 55.3 Å². The summed E-state index contributed by atoms with van der Waals surface area (Å²) in [6.07, 6.45) is 0.595. The first kappa shape index (κ1) is 16.1. The highest BCUT2D eigenvalue weighted by atomic mass is 32.2. The van der Waals surface area contributed by atoms with E-state index in [1.165, 1.54) is 0 Å². The lowest BCUT2D eigenvalue weighted by atomic mass is 10.2. The highest BCUT2D eigenvalue weighted by Gasteiger charge is 2.12. The van der Waals surface area contributed by atoms with Gasteiger partial charge in [-0.3, -0.25) is 4.72 Å². The maximum atomic E-state index is 11.9. The summed E-state index contributed by atoms with van der Waals surface area (Å²) in [6.45, 7) is 3.90. The molecule has 0 amide bonds. The van der Waals surface area contributed by atoms with E-state index in [0.29, 0.717) is 18.7 Å². The molecule has 0 saturated carbocycles. The Morgan fingerprint density at radius 2 is 1.86 bits per heavy atom. The fourth-order valence-electron chi connectivity index (χ4n) is 2.23. The molecule has 0 radical (unpaired) electrons. The van der Waals surface area contributed by atoms with Crippen molar-refractivity contribution in [2.24, 2.45) is 0 Å². The Morgan fingerprint density at radius 1 is 1.19 bits per heavy atom. The van der Waals surface area contributed by atoms with Gasteiger partial charge >= 0.3 is 0 Å². The van der Waals surface area contributed by atoms with Gasteiger partial charge in [0.25, 0.3) is 0 Å². The molecule has 0 atom stereocenters. The molecule has 0 aromatic heterocycles. The van der Waals surface area contributed by atoms with Crippen LogP contribution in [0.4, 0.5) is 11.4 Å². The van der Waals surface area contributed by atoms with E-state index in [9.17, 15) is 8.42 Å². The van der Waals surface area contributed by atoms with Crippen molar-refractivity contribution in [3.05, 3.63) is 24.3 Å². The van der Waals surface area contributed by atoms with Crippen molar-refractivity contribution in [3.8, 4) is 0 Å². The van der Waals surface area contributed by atoms with Crippen LogP contribution >= 0.6 is 0 Å². The van der Waals surface area contributed by atoms with E-state index in [1.54, 1.807) is 12.1 Å². The van der Waals surface area contributed by atoms with E-state index < -0.39 is 10.0 Å². The Balaban J connectivity index is 1.92. The minimum absolute atomic E-state index is 0.124. The van der Waals surface area contributed by atoms with Gasteiger partial charge in [0, 0.05) is 24.5 Å². The van der Waals surface area contributed by atoms with Crippen molar-refractivity contribution in [2.45, 2.75) is 6.42 Å². The summed E-state index contributed by atoms with van der Waals surface area (Å²) in [5.41, 5.74) is 1.70. The van der Waals surface area contributed by atoms with Gasteiger partial charge in [-0.15, -0.1) is 0 Å². The van der Waals surface area contributed by atoms with Crippen LogP contribution in [0.15, 0.2) is 24.3 Å². The average Bonchev–Trinajstić information content (AvgIpc) is 2.49. The molecule has 2 rings (SSSR count). The number of rotatable bonds is 7. The van der Waals surface area contributed by atoms with Crippen LogP contribution < -0.4 is 14.9 Å². The Hall–Kier alpha value is -1.31. The van der Waals surface area contributed by atoms with Crippen LogP contribution in [0.1, 0.15) is 6.42 Å². The van der Waals surface area contributed by atoms with Gasteiger partial charge in [-0.25, -0.2) is 8.42 Å². The van der Waals surface area contributed by atoms with Gasteiger partial charge in [0.05, 0.1) is 19.0 Å². The van der Waals surface area contributed by atoms with Crippen molar-refractivity contribution in [1.82, 2.24) is 5.32 Å². The van der Waals surface area contributed by atoms with E-state index in [1.807, 2.05) is 19.2 Å². The summed E-state index contributed by atoms with van der Waals surface area (Å²) >= 11 is 0. The third-order valence-electron chi connectivity index (χ3n) is 3.36. The zero-order chi connectivity index (χ0) is 15.1. The van der Waals surface area contributed by atoms with Gasteiger partial charge in [-0.05, 0) is 44.3 Å². The highest BCUT2D eigenvalue weighted by Crippen LogP contribution is 2.19. The van der Waals surface area contributed by atoms with Crippen LogP contribution in [-0.2, 0) is 14.8 Å². The van der Waals surface area contributed by atoms with Gasteiger partial charge in [-0.2, -0.15) is 0 Å². The van der Waals surface area contributed by atoms with Crippen LogP contribution in [0.25, 0.3) is 0 Å². The third kappa shape index (κ3) is 5.18. The van der Waals surface area contributed by atoms with E-state index in [4.69, 9.17) is 4.74 Å².